The normalized spacial score (nSPS) is 16.7. The second-order valence-electron chi connectivity index (χ2n) is 2.77. The first-order chi connectivity index (χ1) is 5.27. The van der Waals surface area contributed by atoms with Gasteiger partial charge in [0.15, 0.2) is 0 Å². The molecule has 0 bridgehead atoms. The third-order valence-electron chi connectivity index (χ3n) is 1.79. The van der Waals surface area contributed by atoms with Crippen LogP contribution in [-0.4, -0.2) is 9.55 Å². The average molecular weight is 151 g/mol. The van der Waals surface area contributed by atoms with E-state index >= 15 is 0 Å². The molecule has 0 atom stereocenters. The Morgan fingerprint density at radius 3 is 2.91 bits per heavy atom. The predicted molar refractivity (Wildman–Crippen MR) is 41.2 cm³/mol. The molecular weight excluding hydrogens is 142 g/mol. The number of anilines is 1. The van der Waals surface area contributed by atoms with Crippen molar-refractivity contribution < 1.29 is 0 Å². The monoisotopic (exact) mass is 151 g/mol. The van der Waals surface area contributed by atoms with Gasteiger partial charge in [-0.3, -0.25) is 4.57 Å². The first kappa shape index (κ1) is 6.39. The molecule has 0 aromatic carbocycles. The van der Waals surface area contributed by atoms with Gasteiger partial charge in [-0.15, -0.1) is 0 Å². The number of nitrogen functional groups attached to an aromatic ring is 1. The summed E-state index contributed by atoms with van der Waals surface area (Å²) in [5, 5.41) is 0. The van der Waals surface area contributed by atoms with Crippen molar-refractivity contribution in [2.75, 3.05) is 5.73 Å². The Bertz CT molecular complexity index is 327. The summed E-state index contributed by atoms with van der Waals surface area (Å²) in [5.41, 5.74) is 5.09. The van der Waals surface area contributed by atoms with Crippen LogP contribution in [0.5, 0.6) is 0 Å². The summed E-state index contributed by atoms with van der Waals surface area (Å²) in [6.45, 7) is 0. The van der Waals surface area contributed by atoms with Crippen LogP contribution in [0.2, 0.25) is 0 Å². The molecule has 11 heavy (non-hydrogen) atoms. The van der Waals surface area contributed by atoms with Crippen molar-refractivity contribution in [2.24, 2.45) is 0 Å². The molecule has 0 spiro atoms. The van der Waals surface area contributed by atoms with Crippen LogP contribution in [0, 0.1) is 0 Å². The molecule has 58 valence electrons. The molecule has 0 amide bonds. The molecule has 0 unspecified atom stereocenters. The molecule has 1 heterocycles. The van der Waals surface area contributed by atoms with Crippen LogP contribution in [0.1, 0.15) is 18.9 Å². The highest BCUT2D eigenvalue weighted by atomic mass is 16.1. The Morgan fingerprint density at radius 2 is 2.36 bits per heavy atom. The molecule has 0 saturated heterocycles. The number of nitrogens with two attached hydrogens (primary N) is 1. The summed E-state index contributed by atoms with van der Waals surface area (Å²) in [7, 11) is 0. The van der Waals surface area contributed by atoms with Gasteiger partial charge in [-0.2, -0.15) is 4.98 Å². The minimum atomic E-state index is -0.229. The Labute approximate surface area is 63.7 Å². The maximum atomic E-state index is 11.1. The van der Waals surface area contributed by atoms with E-state index in [-0.39, 0.29) is 5.69 Å². The van der Waals surface area contributed by atoms with E-state index < -0.39 is 0 Å². The van der Waals surface area contributed by atoms with Gasteiger partial charge in [0.05, 0.1) is 0 Å². The molecule has 1 saturated carbocycles. The van der Waals surface area contributed by atoms with E-state index in [1.54, 1.807) is 16.8 Å². The van der Waals surface area contributed by atoms with Crippen LogP contribution >= 0.6 is 0 Å². The van der Waals surface area contributed by atoms with Crippen molar-refractivity contribution in [3.05, 3.63) is 22.7 Å². The van der Waals surface area contributed by atoms with Crippen LogP contribution in [0.25, 0.3) is 0 Å². The minimum absolute atomic E-state index is 0.229. The smallest absolute Gasteiger partial charge is 0.349 e. The lowest BCUT2D eigenvalue weighted by Crippen LogP contribution is -2.21. The number of hydrogen-bond donors (Lipinski definition) is 1. The zero-order valence-corrected chi connectivity index (χ0v) is 6.03. The van der Waals surface area contributed by atoms with Gasteiger partial charge in [0, 0.05) is 12.2 Å². The lowest BCUT2D eigenvalue weighted by Gasteiger charge is -2.00. The number of hydrogen-bond acceptors (Lipinski definition) is 3. The molecule has 1 aliphatic carbocycles. The lowest BCUT2D eigenvalue weighted by atomic mass is 10.5. The summed E-state index contributed by atoms with van der Waals surface area (Å²) in [6.07, 6.45) is 3.89. The van der Waals surface area contributed by atoms with Crippen molar-refractivity contribution in [2.45, 2.75) is 18.9 Å². The zero-order chi connectivity index (χ0) is 7.84. The summed E-state index contributed by atoms with van der Waals surface area (Å²) in [4.78, 5) is 14.7. The quantitative estimate of drug-likeness (QED) is 0.622. The molecule has 0 aliphatic heterocycles. The molecule has 1 fully saturated rings. The van der Waals surface area contributed by atoms with E-state index in [4.69, 9.17) is 5.73 Å². The zero-order valence-electron chi connectivity index (χ0n) is 6.03. The summed E-state index contributed by atoms with van der Waals surface area (Å²) >= 11 is 0. The average Bonchev–Trinajstić information content (AvgIpc) is 2.70. The molecule has 2 rings (SSSR count). The van der Waals surface area contributed by atoms with Crippen molar-refractivity contribution in [1.82, 2.24) is 9.55 Å². The van der Waals surface area contributed by atoms with Gasteiger partial charge in [0.2, 0.25) is 0 Å². The van der Waals surface area contributed by atoms with E-state index in [9.17, 15) is 4.79 Å². The van der Waals surface area contributed by atoms with Gasteiger partial charge in [-0.25, -0.2) is 4.79 Å². The molecule has 1 aromatic heterocycles. The Kier molecular flexibility index (Phi) is 1.21. The molecule has 4 nitrogen and oxygen atoms in total. The van der Waals surface area contributed by atoms with Crippen LogP contribution in [0.4, 0.5) is 5.82 Å². The highest BCUT2D eigenvalue weighted by Crippen LogP contribution is 2.32. The topological polar surface area (TPSA) is 60.9 Å². The first-order valence-electron chi connectivity index (χ1n) is 3.62. The van der Waals surface area contributed by atoms with Gasteiger partial charge >= 0.3 is 5.69 Å². The fourth-order valence-corrected chi connectivity index (χ4v) is 1.06. The molecule has 1 aromatic rings. The minimum Gasteiger partial charge on any atom is -0.383 e. The predicted octanol–water partition coefficient (Wildman–Crippen LogP) is 0.160. The molecule has 2 N–H and O–H groups in total. The van der Waals surface area contributed by atoms with Crippen LogP contribution in [0.15, 0.2) is 17.1 Å². The maximum absolute atomic E-state index is 11.1. The van der Waals surface area contributed by atoms with E-state index in [0.717, 1.165) is 12.8 Å². The lowest BCUT2D eigenvalue weighted by molar-refractivity contribution is 0.683. The summed E-state index contributed by atoms with van der Waals surface area (Å²) in [6, 6.07) is 2.04. The van der Waals surface area contributed by atoms with Crippen molar-refractivity contribution >= 4 is 5.82 Å². The van der Waals surface area contributed by atoms with Crippen molar-refractivity contribution in [1.29, 1.82) is 0 Å². The van der Waals surface area contributed by atoms with Gasteiger partial charge in [0.1, 0.15) is 5.82 Å². The molecular formula is C7H9N3O. The number of aromatic nitrogens is 2. The van der Waals surface area contributed by atoms with E-state index in [0.29, 0.717) is 11.9 Å². The molecule has 0 radical (unpaired) electrons. The third-order valence-corrected chi connectivity index (χ3v) is 1.79. The second-order valence-corrected chi connectivity index (χ2v) is 2.77. The largest absolute Gasteiger partial charge is 0.383 e. The highest BCUT2D eigenvalue weighted by Gasteiger charge is 2.24. The first-order valence-corrected chi connectivity index (χ1v) is 3.62. The molecule has 4 heteroatoms. The Hall–Kier alpha value is -1.32. The SMILES string of the molecule is Nc1ccn(C2CC2)c(=O)n1. The number of nitrogens with zero attached hydrogens (tertiary/aromatic N) is 2. The van der Waals surface area contributed by atoms with Crippen LogP contribution in [0.3, 0.4) is 0 Å². The van der Waals surface area contributed by atoms with Gasteiger partial charge in [-0.1, -0.05) is 0 Å². The van der Waals surface area contributed by atoms with E-state index in [1.807, 2.05) is 0 Å². The van der Waals surface area contributed by atoms with Gasteiger partial charge in [0.25, 0.3) is 0 Å². The van der Waals surface area contributed by atoms with E-state index in [1.165, 1.54) is 0 Å². The van der Waals surface area contributed by atoms with Crippen LogP contribution in [-0.2, 0) is 0 Å². The summed E-state index contributed by atoms with van der Waals surface area (Å²) in [5.74, 6) is 0.298. The van der Waals surface area contributed by atoms with Gasteiger partial charge in [-0.05, 0) is 18.9 Å². The Balaban J connectivity index is 2.48. The standard InChI is InChI=1S/C7H9N3O/c8-6-3-4-10(5-1-2-5)7(11)9-6/h3-5H,1-2H2,(H2,8,9,11). The Morgan fingerprint density at radius 1 is 1.64 bits per heavy atom. The number of rotatable bonds is 1. The van der Waals surface area contributed by atoms with Crippen molar-refractivity contribution in [3.8, 4) is 0 Å². The highest BCUT2D eigenvalue weighted by molar-refractivity contribution is 5.23. The second kappa shape index (κ2) is 2.08. The fraction of sp³-hybridized carbons (Fsp3) is 0.429. The van der Waals surface area contributed by atoms with Gasteiger partial charge < -0.3 is 5.73 Å². The van der Waals surface area contributed by atoms with E-state index in [2.05, 4.69) is 4.98 Å². The van der Waals surface area contributed by atoms with Crippen LogP contribution < -0.4 is 11.4 Å². The fourth-order valence-electron chi connectivity index (χ4n) is 1.06. The van der Waals surface area contributed by atoms with Crippen molar-refractivity contribution in [3.63, 3.8) is 0 Å². The third kappa shape index (κ3) is 1.11. The maximum Gasteiger partial charge on any atom is 0.349 e. The molecule has 1 aliphatic rings. The summed E-state index contributed by atoms with van der Waals surface area (Å²) < 4.78 is 1.64.